The van der Waals surface area contributed by atoms with Crippen LogP contribution in [0.3, 0.4) is 0 Å². The summed E-state index contributed by atoms with van der Waals surface area (Å²) in [6, 6.07) is 10.8. The summed E-state index contributed by atoms with van der Waals surface area (Å²) in [6.45, 7) is 7.68. The van der Waals surface area contributed by atoms with Gasteiger partial charge in [-0.15, -0.1) is 0 Å². The highest BCUT2D eigenvalue weighted by Gasteiger charge is 2.36. The minimum atomic E-state index is -0.957. The molecule has 3 rings (SSSR count). The predicted octanol–water partition coefficient (Wildman–Crippen LogP) is 4.64. The van der Waals surface area contributed by atoms with Crippen LogP contribution in [0, 0.1) is 5.41 Å². The van der Waals surface area contributed by atoms with Gasteiger partial charge < -0.3 is 29.4 Å². The zero-order valence-corrected chi connectivity index (χ0v) is 18.9. The van der Waals surface area contributed by atoms with Gasteiger partial charge >= 0.3 is 0 Å². The standard InChI is InChI=1S/C23H30ClNO5/c1-22(2)29-13-23(3,14-30-22)12-25-18-10-9-15(24)11-17(18)20(26)16-7-6-8-19(27-4)21(16)28-5/h6-11,20,25-26H,12-14H2,1-5H3/t20-/m1/s1. The Kier molecular flexibility index (Phi) is 6.82. The topological polar surface area (TPSA) is 69.2 Å². The Hall–Kier alpha value is -1.99. The quantitative estimate of drug-likeness (QED) is 0.660. The van der Waals surface area contributed by atoms with E-state index in [1.54, 1.807) is 32.4 Å². The molecule has 7 heteroatoms. The second-order valence-corrected chi connectivity index (χ2v) is 8.79. The van der Waals surface area contributed by atoms with E-state index in [4.69, 9.17) is 30.5 Å². The average molecular weight is 436 g/mol. The fourth-order valence-electron chi connectivity index (χ4n) is 3.41. The van der Waals surface area contributed by atoms with E-state index >= 15 is 0 Å². The summed E-state index contributed by atoms with van der Waals surface area (Å²) in [4.78, 5) is 0. The predicted molar refractivity (Wildman–Crippen MR) is 118 cm³/mol. The van der Waals surface area contributed by atoms with Crippen LogP contribution in [0.1, 0.15) is 38.0 Å². The van der Waals surface area contributed by atoms with Gasteiger partial charge in [-0.25, -0.2) is 0 Å². The van der Waals surface area contributed by atoms with Gasteiger partial charge in [-0.2, -0.15) is 0 Å². The van der Waals surface area contributed by atoms with Crippen molar-refractivity contribution in [3.05, 3.63) is 52.5 Å². The molecule has 1 aliphatic heterocycles. The third-order valence-electron chi connectivity index (χ3n) is 5.28. The number of para-hydroxylation sites is 1. The van der Waals surface area contributed by atoms with E-state index < -0.39 is 11.9 Å². The van der Waals surface area contributed by atoms with Crippen molar-refractivity contribution in [2.24, 2.45) is 5.41 Å². The van der Waals surface area contributed by atoms with Gasteiger partial charge in [-0.3, -0.25) is 0 Å². The van der Waals surface area contributed by atoms with Crippen molar-refractivity contribution in [2.75, 3.05) is 39.3 Å². The van der Waals surface area contributed by atoms with Crippen molar-refractivity contribution in [1.82, 2.24) is 0 Å². The summed E-state index contributed by atoms with van der Waals surface area (Å²) in [5.74, 6) is 0.475. The Labute approximate surface area is 183 Å². The molecule has 0 bridgehead atoms. The first-order valence-electron chi connectivity index (χ1n) is 9.88. The Morgan fingerprint density at radius 3 is 2.40 bits per heavy atom. The number of anilines is 1. The normalized spacial score (nSPS) is 18.5. The van der Waals surface area contributed by atoms with Crippen molar-refractivity contribution in [3.63, 3.8) is 0 Å². The minimum absolute atomic E-state index is 0.203. The monoisotopic (exact) mass is 435 g/mol. The Morgan fingerprint density at radius 2 is 1.77 bits per heavy atom. The van der Waals surface area contributed by atoms with Crippen LogP contribution in [-0.4, -0.2) is 44.9 Å². The lowest BCUT2D eigenvalue weighted by Gasteiger charge is -2.41. The molecule has 0 spiro atoms. The van der Waals surface area contributed by atoms with Crippen LogP contribution < -0.4 is 14.8 Å². The molecule has 30 heavy (non-hydrogen) atoms. The molecule has 1 aliphatic rings. The molecular formula is C23H30ClNO5. The van der Waals surface area contributed by atoms with E-state index in [-0.39, 0.29) is 5.41 Å². The molecule has 1 heterocycles. The maximum Gasteiger partial charge on any atom is 0.166 e. The second kappa shape index (κ2) is 9.02. The summed E-state index contributed by atoms with van der Waals surface area (Å²) in [5.41, 5.74) is 1.82. The van der Waals surface area contributed by atoms with Gasteiger partial charge in [0.25, 0.3) is 0 Å². The van der Waals surface area contributed by atoms with Gasteiger partial charge in [0.1, 0.15) is 6.10 Å². The number of aliphatic hydroxyl groups excluding tert-OH is 1. The summed E-state index contributed by atoms with van der Waals surface area (Å²) in [6.07, 6.45) is -0.957. The molecule has 1 saturated heterocycles. The van der Waals surface area contributed by atoms with Crippen LogP contribution in [0.5, 0.6) is 11.5 Å². The molecule has 0 radical (unpaired) electrons. The summed E-state index contributed by atoms with van der Waals surface area (Å²) >= 11 is 6.25. The number of methoxy groups -OCH3 is 2. The van der Waals surface area contributed by atoms with Crippen LogP contribution in [0.25, 0.3) is 0 Å². The van der Waals surface area contributed by atoms with Crippen LogP contribution >= 0.6 is 11.6 Å². The van der Waals surface area contributed by atoms with Gasteiger partial charge in [-0.05, 0) is 38.1 Å². The summed E-state index contributed by atoms with van der Waals surface area (Å²) < 4.78 is 22.5. The summed E-state index contributed by atoms with van der Waals surface area (Å²) in [7, 11) is 3.12. The van der Waals surface area contributed by atoms with Gasteiger partial charge in [-0.1, -0.05) is 30.7 Å². The van der Waals surface area contributed by atoms with Gasteiger partial charge in [0.05, 0.1) is 27.4 Å². The van der Waals surface area contributed by atoms with Gasteiger partial charge in [0.2, 0.25) is 0 Å². The molecule has 0 saturated carbocycles. The molecule has 0 aliphatic carbocycles. The zero-order chi connectivity index (χ0) is 21.9. The number of hydrogen-bond acceptors (Lipinski definition) is 6. The number of benzene rings is 2. The fourth-order valence-corrected chi connectivity index (χ4v) is 3.59. The largest absolute Gasteiger partial charge is 0.493 e. The highest BCUT2D eigenvalue weighted by molar-refractivity contribution is 6.30. The molecule has 0 unspecified atom stereocenters. The SMILES string of the molecule is COc1cccc([C@@H](O)c2cc(Cl)ccc2NCC2(C)COC(C)(C)OC2)c1OC. The van der Waals surface area contributed by atoms with Crippen molar-refractivity contribution in [2.45, 2.75) is 32.7 Å². The Bertz CT molecular complexity index is 876. The average Bonchev–Trinajstić information content (AvgIpc) is 2.74. The van der Waals surface area contributed by atoms with Crippen LogP contribution in [-0.2, 0) is 9.47 Å². The molecule has 2 aromatic rings. The van der Waals surface area contributed by atoms with E-state index in [0.29, 0.717) is 47.4 Å². The lowest BCUT2D eigenvalue weighted by molar-refractivity contribution is -0.279. The lowest BCUT2D eigenvalue weighted by Crippen LogP contribution is -2.48. The van der Waals surface area contributed by atoms with E-state index in [9.17, 15) is 5.11 Å². The second-order valence-electron chi connectivity index (χ2n) is 8.36. The van der Waals surface area contributed by atoms with Crippen molar-refractivity contribution < 1.29 is 24.1 Å². The first-order valence-corrected chi connectivity index (χ1v) is 10.3. The first kappa shape index (κ1) is 22.7. The number of ether oxygens (including phenoxy) is 4. The molecule has 1 fully saturated rings. The molecular weight excluding hydrogens is 406 g/mol. The molecule has 0 aromatic heterocycles. The third kappa shape index (κ3) is 5.01. The number of nitrogens with one attached hydrogen (secondary N) is 1. The molecule has 2 aromatic carbocycles. The Morgan fingerprint density at radius 1 is 1.07 bits per heavy atom. The lowest BCUT2D eigenvalue weighted by atomic mass is 9.91. The smallest absolute Gasteiger partial charge is 0.166 e. The maximum atomic E-state index is 11.2. The van der Waals surface area contributed by atoms with E-state index in [2.05, 4.69) is 12.2 Å². The molecule has 6 nitrogen and oxygen atoms in total. The zero-order valence-electron chi connectivity index (χ0n) is 18.1. The fraction of sp³-hybridized carbons (Fsp3) is 0.478. The molecule has 2 N–H and O–H groups in total. The number of aliphatic hydroxyl groups is 1. The minimum Gasteiger partial charge on any atom is -0.493 e. The highest BCUT2D eigenvalue weighted by atomic mass is 35.5. The van der Waals surface area contributed by atoms with Gasteiger partial charge in [0.15, 0.2) is 17.3 Å². The van der Waals surface area contributed by atoms with E-state index in [1.165, 1.54) is 0 Å². The molecule has 1 atom stereocenters. The highest BCUT2D eigenvalue weighted by Crippen LogP contribution is 2.40. The van der Waals surface area contributed by atoms with Crippen molar-refractivity contribution >= 4 is 17.3 Å². The van der Waals surface area contributed by atoms with E-state index in [0.717, 1.165) is 5.69 Å². The molecule has 164 valence electrons. The van der Waals surface area contributed by atoms with Crippen molar-refractivity contribution in [1.29, 1.82) is 0 Å². The van der Waals surface area contributed by atoms with E-state index in [1.807, 2.05) is 32.0 Å². The summed E-state index contributed by atoms with van der Waals surface area (Å²) in [5, 5.41) is 15.2. The number of rotatable bonds is 7. The van der Waals surface area contributed by atoms with Crippen LogP contribution in [0.4, 0.5) is 5.69 Å². The van der Waals surface area contributed by atoms with Gasteiger partial charge in [0, 0.05) is 33.8 Å². The molecule has 0 amide bonds. The third-order valence-corrected chi connectivity index (χ3v) is 5.51. The van der Waals surface area contributed by atoms with Crippen LogP contribution in [0.15, 0.2) is 36.4 Å². The number of halogens is 1. The number of hydrogen-bond donors (Lipinski definition) is 2. The Balaban J connectivity index is 1.86. The maximum absolute atomic E-state index is 11.2. The van der Waals surface area contributed by atoms with Crippen LogP contribution in [0.2, 0.25) is 5.02 Å². The van der Waals surface area contributed by atoms with Crippen molar-refractivity contribution in [3.8, 4) is 11.5 Å². The first-order chi connectivity index (χ1) is 14.2.